The molecule has 8 aromatic heterocycles. The number of thiophene rings is 4. The van der Waals surface area contributed by atoms with Crippen LogP contribution >= 0.6 is 45.3 Å². The Balaban J connectivity index is 0.608. The van der Waals surface area contributed by atoms with Crippen molar-refractivity contribution in [2.75, 3.05) is 0 Å². The van der Waals surface area contributed by atoms with Gasteiger partial charge in [-0.2, -0.15) is 0 Å². The molecule has 8 nitrogen and oxygen atoms in total. The van der Waals surface area contributed by atoms with Crippen LogP contribution in [0.15, 0.2) is 300 Å². The van der Waals surface area contributed by atoms with Crippen molar-refractivity contribution in [3.05, 3.63) is 291 Å². The number of benzene rings is 14. The second-order valence-corrected chi connectivity index (χ2v) is 30.1. The molecule has 22 rings (SSSR count). The zero-order valence-electron chi connectivity index (χ0n) is 53.8. The van der Waals surface area contributed by atoms with Crippen LogP contribution in [0.2, 0.25) is 0 Å². The molecule has 0 unspecified atom stereocenters. The average Bonchev–Trinajstić information content (AvgIpc) is 1.55. The summed E-state index contributed by atoms with van der Waals surface area (Å²) in [5, 5.41) is 14.0. The first-order valence-corrected chi connectivity index (χ1v) is 37.0. The number of furan rings is 2. The normalized spacial score (nSPS) is 12.1. The Bertz CT molecular complexity index is 7280. The molecule has 0 atom stereocenters. The fraction of sp³-hybridized carbons (Fsp3) is 0. The lowest BCUT2D eigenvalue weighted by Crippen LogP contribution is -2.00. The number of rotatable bonds is 9. The van der Waals surface area contributed by atoms with Crippen LogP contribution in [0.4, 0.5) is 0 Å². The summed E-state index contributed by atoms with van der Waals surface area (Å²) >= 11 is 7.28. The second kappa shape index (κ2) is 22.5. The van der Waals surface area contributed by atoms with Crippen molar-refractivity contribution in [3.8, 4) is 102 Å². The summed E-state index contributed by atoms with van der Waals surface area (Å²) < 4.78 is 22.4. The molecule has 8 heterocycles. The van der Waals surface area contributed by atoms with Crippen molar-refractivity contribution in [2.45, 2.75) is 0 Å². The standard InChI is InChI=1S/C90H48N6O2S4/c1-2-14-50(15-3-1)85-91-88(56-35-39-61-59-16-4-7-27-73(59)98-76(61)47-56)96-89(93-85)68-25-12-23-67-72-45-54(38-43-79(72)100-83(67)68)58-20-11-22-65-63-40-34-52(48-80(63)102-82(58)65)49-30-32-51(33-31-49)86-92-87(55-36-41-75-70(46-55)60-17-5-8-28-74(60)97-75)95-90(94-86)69-26-13-24-66-71-44-53(37-42-78(71)101-84(66)69)57-19-10-21-64-62-18-6-9-29-77(62)99-81(57)64/h1-48H. The maximum absolute atomic E-state index is 6.34. The molecule has 0 N–H and O–H groups in total. The minimum atomic E-state index is 0.586. The first-order valence-electron chi connectivity index (χ1n) is 33.8. The summed E-state index contributed by atoms with van der Waals surface area (Å²) in [6, 6.07) is 104. The van der Waals surface area contributed by atoms with Crippen LogP contribution in [-0.2, 0) is 0 Å². The molecule has 102 heavy (non-hydrogen) atoms. The molecule has 0 spiro atoms. The van der Waals surface area contributed by atoms with Gasteiger partial charge in [0.1, 0.15) is 22.3 Å². The van der Waals surface area contributed by atoms with Gasteiger partial charge in [0.15, 0.2) is 34.9 Å². The van der Waals surface area contributed by atoms with E-state index in [1.807, 2.05) is 83.3 Å². The smallest absolute Gasteiger partial charge is 0.165 e. The molecule has 0 bridgehead atoms. The molecule has 474 valence electrons. The van der Waals surface area contributed by atoms with Gasteiger partial charge in [0.2, 0.25) is 0 Å². The third-order valence-electron chi connectivity index (χ3n) is 20.1. The van der Waals surface area contributed by atoms with Crippen molar-refractivity contribution in [2.24, 2.45) is 0 Å². The highest BCUT2D eigenvalue weighted by Crippen LogP contribution is 2.48. The van der Waals surface area contributed by atoms with Crippen molar-refractivity contribution in [3.63, 3.8) is 0 Å². The molecule has 0 aliphatic heterocycles. The lowest BCUT2D eigenvalue weighted by Gasteiger charge is -2.10. The predicted octanol–water partition coefficient (Wildman–Crippen LogP) is 26.3. The Morgan fingerprint density at radius 3 is 1.16 bits per heavy atom. The van der Waals surface area contributed by atoms with Gasteiger partial charge >= 0.3 is 0 Å². The van der Waals surface area contributed by atoms with E-state index in [0.717, 1.165) is 103 Å². The zero-order chi connectivity index (χ0) is 66.7. The molecule has 0 aliphatic carbocycles. The number of aromatic nitrogens is 6. The summed E-state index contributed by atoms with van der Waals surface area (Å²) in [6.07, 6.45) is 0. The van der Waals surface area contributed by atoms with Crippen LogP contribution in [0.3, 0.4) is 0 Å². The molecule has 0 saturated heterocycles. The highest BCUT2D eigenvalue weighted by atomic mass is 32.1. The number of nitrogens with zero attached hydrogens (tertiary/aromatic N) is 6. The first kappa shape index (κ1) is 57.5. The van der Waals surface area contributed by atoms with Crippen LogP contribution in [0, 0.1) is 0 Å². The maximum Gasteiger partial charge on any atom is 0.165 e. The lowest BCUT2D eigenvalue weighted by atomic mass is 9.99. The second-order valence-electron chi connectivity index (χ2n) is 25.9. The third kappa shape index (κ3) is 9.17. The minimum absolute atomic E-state index is 0.586. The topological polar surface area (TPSA) is 104 Å². The van der Waals surface area contributed by atoms with Crippen molar-refractivity contribution in [1.82, 2.24) is 29.9 Å². The van der Waals surface area contributed by atoms with E-state index < -0.39 is 0 Å². The Hall–Kier alpha value is -12.4. The van der Waals surface area contributed by atoms with E-state index in [9.17, 15) is 0 Å². The molecule has 0 aliphatic rings. The van der Waals surface area contributed by atoms with Crippen LogP contribution < -0.4 is 0 Å². The zero-order valence-corrected chi connectivity index (χ0v) is 57.1. The first-order chi connectivity index (χ1) is 50.5. The number of fused-ring (bicyclic) bond motifs is 18. The molecule has 12 heteroatoms. The third-order valence-corrected chi connectivity index (χ3v) is 24.9. The van der Waals surface area contributed by atoms with Crippen molar-refractivity contribution < 1.29 is 8.83 Å². The molecular formula is C90H48N6O2S4. The monoisotopic (exact) mass is 1370 g/mol. The number of para-hydroxylation sites is 2. The summed E-state index contributed by atoms with van der Waals surface area (Å²) in [7, 11) is 0. The van der Waals surface area contributed by atoms with Gasteiger partial charge in [0, 0.05) is 136 Å². The average molecular weight is 1370 g/mol. The van der Waals surface area contributed by atoms with Crippen LogP contribution in [0.5, 0.6) is 0 Å². The van der Waals surface area contributed by atoms with E-state index in [-0.39, 0.29) is 0 Å². The van der Waals surface area contributed by atoms with E-state index in [1.54, 1.807) is 22.7 Å². The largest absolute Gasteiger partial charge is 0.456 e. The van der Waals surface area contributed by atoms with Gasteiger partial charge in [-0.05, 0) is 124 Å². The molecule has 0 fully saturated rings. The van der Waals surface area contributed by atoms with E-state index >= 15 is 0 Å². The van der Waals surface area contributed by atoms with Crippen LogP contribution in [-0.4, -0.2) is 29.9 Å². The highest BCUT2D eigenvalue weighted by molar-refractivity contribution is 7.27. The van der Waals surface area contributed by atoms with Gasteiger partial charge < -0.3 is 8.83 Å². The molecule has 14 aromatic carbocycles. The van der Waals surface area contributed by atoms with E-state index in [4.69, 9.17) is 38.7 Å². The van der Waals surface area contributed by atoms with Crippen molar-refractivity contribution in [1.29, 1.82) is 0 Å². The molecule has 0 saturated carbocycles. The van der Waals surface area contributed by atoms with Crippen LogP contribution in [0.1, 0.15) is 0 Å². The summed E-state index contributed by atoms with van der Waals surface area (Å²) in [5.41, 5.74) is 15.9. The molecule has 22 aromatic rings. The fourth-order valence-electron chi connectivity index (χ4n) is 15.1. The Labute approximate surface area is 597 Å². The van der Waals surface area contributed by atoms with Gasteiger partial charge in [0.25, 0.3) is 0 Å². The maximum atomic E-state index is 6.34. The van der Waals surface area contributed by atoms with Crippen LogP contribution in [0.25, 0.3) is 226 Å². The summed E-state index contributed by atoms with van der Waals surface area (Å²) in [5.74, 6) is 3.63. The van der Waals surface area contributed by atoms with Gasteiger partial charge in [-0.3, -0.25) is 0 Å². The quantitative estimate of drug-likeness (QED) is 0.141. The Kier molecular flexibility index (Phi) is 12.7. The Morgan fingerprint density at radius 2 is 0.539 bits per heavy atom. The van der Waals surface area contributed by atoms with Gasteiger partial charge in [-0.15, -0.1) is 45.3 Å². The van der Waals surface area contributed by atoms with E-state index in [1.165, 1.54) is 88.2 Å². The van der Waals surface area contributed by atoms with Crippen molar-refractivity contribution >= 4 is 170 Å². The lowest BCUT2D eigenvalue weighted by molar-refractivity contribution is 0.668. The number of hydrogen-bond acceptors (Lipinski definition) is 12. The van der Waals surface area contributed by atoms with E-state index in [0.29, 0.717) is 34.9 Å². The van der Waals surface area contributed by atoms with Gasteiger partial charge in [-0.25, -0.2) is 29.9 Å². The molecule has 0 amide bonds. The van der Waals surface area contributed by atoms with E-state index in [2.05, 4.69) is 231 Å². The minimum Gasteiger partial charge on any atom is -0.456 e. The SMILES string of the molecule is c1ccc(-c2nc(-c3ccc4c(c3)oc3ccccc34)nc(-c3cccc4c3sc3ccc(-c5cccc6c5sc5cc(-c7ccc(-c8nc(-c9ccc%10oc%11ccccc%11c%10c9)nc(-c9cccc%10c9sc9ccc(-c%11cccc%12c%11sc%11ccccc%11%12)cc9%10)n8)cc7)ccc56)cc34)n2)cc1. The summed E-state index contributed by atoms with van der Waals surface area (Å²) in [6.45, 7) is 0. The number of hydrogen-bond donors (Lipinski definition) is 0. The summed E-state index contributed by atoms with van der Waals surface area (Å²) in [4.78, 5) is 31.6. The van der Waals surface area contributed by atoms with Gasteiger partial charge in [-0.1, -0.05) is 200 Å². The Morgan fingerprint density at radius 1 is 0.176 bits per heavy atom. The predicted molar refractivity (Wildman–Crippen MR) is 428 cm³/mol. The van der Waals surface area contributed by atoms with Gasteiger partial charge in [0.05, 0.1) is 0 Å². The fourth-order valence-corrected chi connectivity index (χ4v) is 20.0. The molecule has 0 radical (unpaired) electrons. The highest BCUT2D eigenvalue weighted by Gasteiger charge is 2.23. The molecular weight excluding hydrogens is 1330 g/mol.